The molecule has 2 spiro atoms. The second-order valence-corrected chi connectivity index (χ2v) is 32.3. The van der Waals surface area contributed by atoms with Gasteiger partial charge in [-0.25, -0.2) is 9.97 Å². The number of para-hydroxylation sites is 8. The molecule has 0 radical (unpaired) electrons. The zero-order chi connectivity index (χ0) is 76.4. The van der Waals surface area contributed by atoms with E-state index in [0.717, 1.165) is 67.8 Å². The number of aromatic nitrogens is 4. The molecule has 16 aromatic carbocycles. The highest BCUT2D eigenvalue weighted by molar-refractivity contribution is 8.00. The summed E-state index contributed by atoms with van der Waals surface area (Å²) in [5.41, 5.74) is 31.3. The van der Waals surface area contributed by atoms with Gasteiger partial charge in [-0.2, -0.15) is 0 Å². The molecule has 4 aliphatic rings. The van der Waals surface area contributed by atoms with Gasteiger partial charge in [0.05, 0.1) is 89.8 Å². The van der Waals surface area contributed by atoms with Gasteiger partial charge in [0, 0.05) is 74.8 Å². The minimum atomic E-state index is -0.590. The van der Waals surface area contributed by atoms with Crippen LogP contribution in [0.15, 0.2) is 444 Å². The number of benzene rings is 16. The summed E-state index contributed by atoms with van der Waals surface area (Å²) < 4.78 is 4.97. The Morgan fingerprint density at radius 1 is 0.207 bits per heavy atom. The van der Waals surface area contributed by atoms with E-state index in [9.17, 15) is 0 Å². The third-order valence-electron chi connectivity index (χ3n) is 24.0. The van der Waals surface area contributed by atoms with Crippen LogP contribution in [-0.2, 0) is 10.8 Å². The summed E-state index contributed by atoms with van der Waals surface area (Å²) in [6.07, 6.45) is 0. The Morgan fingerprint density at radius 3 is 0.983 bits per heavy atom. The maximum atomic E-state index is 5.29. The maximum absolute atomic E-state index is 5.29. The Morgan fingerprint density at radius 2 is 0.543 bits per heavy atom. The van der Waals surface area contributed by atoms with Gasteiger partial charge in [-0.1, -0.05) is 339 Å². The molecule has 0 unspecified atom stereocenters. The van der Waals surface area contributed by atoms with Crippen LogP contribution in [0.2, 0.25) is 0 Å². The van der Waals surface area contributed by atoms with Gasteiger partial charge in [-0.3, -0.25) is 0 Å². The highest BCUT2D eigenvalue weighted by Gasteiger charge is 2.53. The van der Waals surface area contributed by atoms with E-state index in [1.165, 1.54) is 130 Å². The van der Waals surface area contributed by atoms with Gasteiger partial charge in [0.1, 0.15) is 0 Å². The summed E-state index contributed by atoms with van der Waals surface area (Å²) in [6.45, 7) is 0. The van der Waals surface area contributed by atoms with E-state index in [4.69, 9.17) is 9.97 Å². The highest BCUT2D eigenvalue weighted by atomic mass is 32.2. The van der Waals surface area contributed by atoms with Crippen LogP contribution in [0.4, 0.5) is 34.1 Å². The molecule has 4 aromatic heterocycles. The second kappa shape index (κ2) is 27.2. The Balaban J connectivity index is 0.000000137. The number of anilines is 6. The van der Waals surface area contributed by atoms with Crippen molar-refractivity contribution in [1.82, 2.24) is 19.1 Å². The van der Waals surface area contributed by atoms with Crippen molar-refractivity contribution in [3.8, 4) is 56.4 Å². The molecular weight excluding hydrogens is 1450 g/mol. The summed E-state index contributed by atoms with van der Waals surface area (Å²) in [5, 5.41) is 4.92. The molecule has 544 valence electrons. The Hall–Kier alpha value is -14.3. The van der Waals surface area contributed by atoms with Gasteiger partial charge < -0.3 is 18.9 Å². The van der Waals surface area contributed by atoms with E-state index >= 15 is 0 Å². The highest BCUT2D eigenvalue weighted by Crippen LogP contribution is 2.66. The smallest absolute Gasteiger partial charge is 0.0764 e. The quantitative estimate of drug-likeness (QED) is 0.151. The average molecular weight is 1520 g/mol. The van der Waals surface area contributed by atoms with Gasteiger partial charge in [0.2, 0.25) is 0 Å². The predicted molar refractivity (Wildman–Crippen MR) is 480 cm³/mol. The molecule has 0 atom stereocenters. The molecule has 4 aliphatic heterocycles. The predicted octanol–water partition coefficient (Wildman–Crippen LogP) is 28.3. The van der Waals surface area contributed by atoms with E-state index < -0.39 is 10.8 Å². The van der Waals surface area contributed by atoms with Crippen molar-refractivity contribution in [3.63, 3.8) is 0 Å². The standard InChI is InChI=1S/2C54H35N3S/c1-4-18-36(19-5-1)46-32-39(33-47(55-46)37-20-6-2-7-21-37)57-48-28-14-10-24-40(48)41-34-45-53(35-51(41)57)58-52-31-17-13-27-44(52)54(45)42-25-11-15-29-49(42)56(38-22-8-3-9-23-38)50-30-16-12-26-43(50)54;1-4-18-36(19-5-1)46-34-39(35-47(55-46)37-20-6-2-7-21-37)57-48-28-14-10-24-40(48)41-32-33-45-53(52(41)57)58-51-31-17-13-27-44(51)54(45)42-25-11-15-29-49(42)56(38-22-8-3-9-23-38)50-30-16-12-26-43(50)54/h2*1-35H. The molecule has 116 heavy (non-hydrogen) atoms. The number of hydrogen-bond acceptors (Lipinski definition) is 6. The van der Waals surface area contributed by atoms with E-state index in [1.54, 1.807) is 0 Å². The van der Waals surface area contributed by atoms with Crippen LogP contribution >= 0.6 is 23.5 Å². The van der Waals surface area contributed by atoms with Gasteiger partial charge in [0.25, 0.3) is 0 Å². The van der Waals surface area contributed by atoms with Gasteiger partial charge in [-0.15, -0.1) is 0 Å². The molecule has 0 N–H and O–H groups in total. The number of pyridine rings is 2. The van der Waals surface area contributed by atoms with Crippen molar-refractivity contribution in [1.29, 1.82) is 0 Å². The van der Waals surface area contributed by atoms with Crippen LogP contribution in [0.25, 0.3) is 100 Å². The van der Waals surface area contributed by atoms with Crippen LogP contribution < -0.4 is 9.80 Å². The van der Waals surface area contributed by atoms with Crippen molar-refractivity contribution >= 4 is 101 Å². The second-order valence-electron chi connectivity index (χ2n) is 30.2. The molecule has 0 bridgehead atoms. The molecular formula is C108H70N6S2. The first-order chi connectivity index (χ1) is 57.6. The molecule has 20 aromatic rings. The van der Waals surface area contributed by atoms with Crippen LogP contribution in [0, 0.1) is 0 Å². The van der Waals surface area contributed by atoms with Gasteiger partial charge >= 0.3 is 0 Å². The lowest BCUT2D eigenvalue weighted by molar-refractivity contribution is 0.693. The van der Waals surface area contributed by atoms with E-state index in [1.807, 2.05) is 23.5 Å². The van der Waals surface area contributed by atoms with Crippen LogP contribution in [0.1, 0.15) is 44.5 Å². The lowest BCUT2D eigenvalue weighted by Crippen LogP contribution is -2.39. The zero-order valence-corrected chi connectivity index (χ0v) is 64.5. The van der Waals surface area contributed by atoms with E-state index in [2.05, 4.69) is 444 Å². The summed E-state index contributed by atoms with van der Waals surface area (Å²) in [4.78, 5) is 20.5. The molecule has 8 heterocycles. The molecule has 0 fully saturated rings. The maximum Gasteiger partial charge on any atom is 0.0764 e. The average Bonchev–Trinajstić information content (AvgIpc) is 1.10. The monoisotopic (exact) mass is 1510 g/mol. The largest absolute Gasteiger partial charge is 0.310 e. The molecule has 0 saturated carbocycles. The van der Waals surface area contributed by atoms with Crippen molar-refractivity contribution < 1.29 is 0 Å². The molecule has 0 saturated heterocycles. The number of rotatable bonds is 8. The minimum Gasteiger partial charge on any atom is -0.310 e. The number of nitrogens with zero attached hydrogens (tertiary/aromatic N) is 6. The summed E-state index contributed by atoms with van der Waals surface area (Å²) in [5.74, 6) is 0. The van der Waals surface area contributed by atoms with Gasteiger partial charge in [-0.05, 0) is 154 Å². The Bertz CT molecular complexity index is 7080. The van der Waals surface area contributed by atoms with Gasteiger partial charge in [0.15, 0.2) is 0 Å². The molecule has 24 rings (SSSR count). The lowest BCUT2D eigenvalue weighted by Gasteiger charge is -2.49. The van der Waals surface area contributed by atoms with Crippen molar-refractivity contribution in [2.45, 2.75) is 30.4 Å². The number of fused-ring (bicyclic) bond motifs is 23. The molecule has 0 amide bonds. The first kappa shape index (κ1) is 67.4. The van der Waals surface area contributed by atoms with E-state index in [-0.39, 0.29) is 0 Å². The zero-order valence-electron chi connectivity index (χ0n) is 62.9. The summed E-state index contributed by atoms with van der Waals surface area (Å²) in [6, 6.07) is 155. The fraction of sp³-hybridized carbons (Fsp3) is 0.0185. The van der Waals surface area contributed by atoms with Crippen LogP contribution in [0.3, 0.4) is 0 Å². The summed E-state index contributed by atoms with van der Waals surface area (Å²) >= 11 is 3.79. The fourth-order valence-corrected chi connectivity index (χ4v) is 21.8. The normalized spacial score (nSPS) is 13.6. The lowest BCUT2D eigenvalue weighted by atomic mass is 9.62. The topological polar surface area (TPSA) is 42.1 Å². The third kappa shape index (κ3) is 10.3. The fourth-order valence-electron chi connectivity index (χ4n) is 19.3. The first-order valence-electron chi connectivity index (χ1n) is 39.6. The molecule has 0 aliphatic carbocycles. The van der Waals surface area contributed by atoms with Crippen molar-refractivity contribution in [2.75, 3.05) is 9.80 Å². The Labute approximate surface area is 681 Å². The molecule has 8 heteroatoms. The third-order valence-corrected chi connectivity index (χ3v) is 26.4. The Kier molecular flexibility index (Phi) is 15.8. The minimum absolute atomic E-state index is 0.565. The van der Waals surface area contributed by atoms with Crippen molar-refractivity contribution in [3.05, 3.63) is 469 Å². The van der Waals surface area contributed by atoms with Crippen LogP contribution in [-0.4, -0.2) is 19.1 Å². The van der Waals surface area contributed by atoms with Crippen LogP contribution in [0.5, 0.6) is 0 Å². The number of hydrogen-bond donors (Lipinski definition) is 0. The van der Waals surface area contributed by atoms with Crippen molar-refractivity contribution in [2.24, 2.45) is 0 Å². The first-order valence-corrected chi connectivity index (χ1v) is 41.2. The molecule has 6 nitrogen and oxygen atoms in total. The summed E-state index contributed by atoms with van der Waals surface area (Å²) in [7, 11) is 0. The van der Waals surface area contributed by atoms with E-state index in [0.29, 0.717) is 0 Å². The SMILES string of the molecule is c1ccc(-c2cc(-n3c4ccccc4c4cc5c(cc43)Sc3ccccc3C53c4ccccc4N(c4ccccc4)c4ccccc43)cc(-c3ccccc3)n2)cc1.c1ccc(-c2cc(-n3c4ccccc4c4ccc5c(c43)Sc3ccccc3C53c4ccccc4N(c4ccccc4)c4ccccc43)cc(-c3ccccc3)n2)cc1.